The fourth-order valence-electron chi connectivity index (χ4n) is 1.93. The van der Waals surface area contributed by atoms with Crippen molar-refractivity contribution in [3.05, 3.63) is 40.7 Å². The molecule has 0 amide bonds. The number of ether oxygens (including phenoxy) is 1. The highest BCUT2D eigenvalue weighted by Gasteiger charge is 2.03. The standard InChI is InChI=1S/C16H22N2OS/c1-2-19-12-6-10-17-11-9-16-18-15(13-20-16)14-7-4-3-5-8-14/h3-5,7-8,13,17H,2,6,9-12H2,1H3. The number of thiazole rings is 1. The SMILES string of the molecule is CCOCCCNCCc1nc(-c2ccccc2)cs1. The van der Waals surface area contributed by atoms with Crippen LogP contribution in [0.2, 0.25) is 0 Å². The minimum Gasteiger partial charge on any atom is -0.382 e. The summed E-state index contributed by atoms with van der Waals surface area (Å²) in [5.74, 6) is 0. The van der Waals surface area contributed by atoms with E-state index in [0.717, 1.165) is 44.8 Å². The lowest BCUT2D eigenvalue weighted by atomic mass is 10.2. The number of nitrogens with zero attached hydrogens (tertiary/aromatic N) is 1. The molecule has 1 aromatic heterocycles. The lowest BCUT2D eigenvalue weighted by Crippen LogP contribution is -2.19. The van der Waals surface area contributed by atoms with Gasteiger partial charge >= 0.3 is 0 Å². The smallest absolute Gasteiger partial charge is 0.0945 e. The topological polar surface area (TPSA) is 34.1 Å². The summed E-state index contributed by atoms with van der Waals surface area (Å²) in [6.07, 6.45) is 2.06. The van der Waals surface area contributed by atoms with Crippen LogP contribution in [0.3, 0.4) is 0 Å². The van der Waals surface area contributed by atoms with Crippen molar-refractivity contribution in [3.8, 4) is 11.3 Å². The lowest BCUT2D eigenvalue weighted by molar-refractivity contribution is 0.145. The van der Waals surface area contributed by atoms with Gasteiger partial charge < -0.3 is 10.1 Å². The third-order valence-electron chi connectivity index (χ3n) is 2.98. The van der Waals surface area contributed by atoms with Gasteiger partial charge in [-0.2, -0.15) is 0 Å². The molecule has 1 N–H and O–H groups in total. The van der Waals surface area contributed by atoms with Crippen LogP contribution in [-0.4, -0.2) is 31.3 Å². The molecule has 2 aromatic rings. The molecule has 108 valence electrons. The summed E-state index contributed by atoms with van der Waals surface area (Å²) in [7, 11) is 0. The molecule has 0 aliphatic carbocycles. The van der Waals surface area contributed by atoms with Crippen LogP contribution in [0.4, 0.5) is 0 Å². The van der Waals surface area contributed by atoms with Crippen molar-refractivity contribution in [3.63, 3.8) is 0 Å². The van der Waals surface area contributed by atoms with Gasteiger partial charge in [-0.15, -0.1) is 11.3 Å². The van der Waals surface area contributed by atoms with Gasteiger partial charge in [0.25, 0.3) is 0 Å². The second-order valence-corrected chi connectivity index (χ2v) is 5.49. The summed E-state index contributed by atoms with van der Waals surface area (Å²) in [4.78, 5) is 4.68. The maximum atomic E-state index is 5.30. The normalized spacial score (nSPS) is 10.8. The van der Waals surface area contributed by atoms with E-state index in [1.54, 1.807) is 11.3 Å². The molecular weight excluding hydrogens is 268 g/mol. The van der Waals surface area contributed by atoms with Gasteiger partial charge in [-0.05, 0) is 19.9 Å². The molecule has 0 bridgehead atoms. The number of hydrogen-bond donors (Lipinski definition) is 1. The van der Waals surface area contributed by atoms with Crippen molar-refractivity contribution >= 4 is 11.3 Å². The summed E-state index contributed by atoms with van der Waals surface area (Å²) >= 11 is 1.74. The van der Waals surface area contributed by atoms with Gasteiger partial charge in [-0.3, -0.25) is 0 Å². The minimum atomic E-state index is 0.807. The number of hydrogen-bond acceptors (Lipinski definition) is 4. The van der Waals surface area contributed by atoms with Crippen LogP contribution in [0, 0.1) is 0 Å². The molecule has 0 atom stereocenters. The monoisotopic (exact) mass is 290 g/mol. The van der Waals surface area contributed by atoms with Crippen molar-refractivity contribution in [1.29, 1.82) is 0 Å². The Bertz CT molecular complexity index is 484. The van der Waals surface area contributed by atoms with Gasteiger partial charge in [0.15, 0.2) is 0 Å². The molecule has 2 rings (SSSR count). The molecule has 0 saturated carbocycles. The Morgan fingerprint density at radius 2 is 2.05 bits per heavy atom. The second-order valence-electron chi connectivity index (χ2n) is 4.54. The molecule has 0 fully saturated rings. The van der Waals surface area contributed by atoms with Gasteiger partial charge in [0, 0.05) is 37.1 Å². The Labute approximate surface area is 125 Å². The maximum absolute atomic E-state index is 5.30. The summed E-state index contributed by atoms with van der Waals surface area (Å²) in [5.41, 5.74) is 2.28. The number of aromatic nitrogens is 1. The molecule has 0 aliphatic rings. The van der Waals surface area contributed by atoms with E-state index in [2.05, 4.69) is 27.8 Å². The molecule has 0 spiro atoms. The van der Waals surface area contributed by atoms with E-state index in [1.807, 2.05) is 25.1 Å². The highest BCUT2D eigenvalue weighted by Crippen LogP contribution is 2.21. The molecule has 0 unspecified atom stereocenters. The number of rotatable bonds is 9. The average Bonchev–Trinajstić information content (AvgIpc) is 2.96. The van der Waals surface area contributed by atoms with E-state index in [-0.39, 0.29) is 0 Å². The molecule has 0 radical (unpaired) electrons. The zero-order valence-electron chi connectivity index (χ0n) is 12.0. The van der Waals surface area contributed by atoms with Crippen LogP contribution >= 0.6 is 11.3 Å². The van der Waals surface area contributed by atoms with Crippen LogP contribution < -0.4 is 5.32 Å². The molecule has 4 heteroatoms. The van der Waals surface area contributed by atoms with Gasteiger partial charge in [0.2, 0.25) is 0 Å². The Balaban J connectivity index is 1.69. The lowest BCUT2D eigenvalue weighted by Gasteiger charge is -2.03. The Morgan fingerprint density at radius 1 is 1.20 bits per heavy atom. The van der Waals surface area contributed by atoms with Crippen molar-refractivity contribution in [2.75, 3.05) is 26.3 Å². The summed E-state index contributed by atoms with van der Waals surface area (Å²) in [5, 5.41) is 6.76. The van der Waals surface area contributed by atoms with E-state index in [4.69, 9.17) is 4.74 Å². The summed E-state index contributed by atoms with van der Waals surface area (Å²) in [6, 6.07) is 10.3. The number of benzene rings is 1. The first-order chi connectivity index (χ1) is 9.90. The molecule has 3 nitrogen and oxygen atoms in total. The summed E-state index contributed by atoms with van der Waals surface area (Å²) < 4.78 is 5.30. The third kappa shape index (κ3) is 5.04. The largest absolute Gasteiger partial charge is 0.382 e. The van der Waals surface area contributed by atoms with E-state index >= 15 is 0 Å². The average molecular weight is 290 g/mol. The Hall–Kier alpha value is -1.23. The fraction of sp³-hybridized carbons (Fsp3) is 0.438. The maximum Gasteiger partial charge on any atom is 0.0945 e. The highest BCUT2D eigenvalue weighted by molar-refractivity contribution is 7.09. The molecule has 0 aliphatic heterocycles. The third-order valence-corrected chi connectivity index (χ3v) is 3.89. The summed E-state index contributed by atoms with van der Waals surface area (Å²) in [6.45, 7) is 5.67. The molecular formula is C16H22N2OS. The highest BCUT2D eigenvalue weighted by atomic mass is 32.1. The van der Waals surface area contributed by atoms with Gasteiger partial charge in [-0.1, -0.05) is 30.3 Å². The van der Waals surface area contributed by atoms with Crippen molar-refractivity contribution in [2.45, 2.75) is 19.8 Å². The second kappa shape index (κ2) is 8.84. The first-order valence-electron chi connectivity index (χ1n) is 7.18. The first kappa shape index (κ1) is 15.2. The first-order valence-corrected chi connectivity index (χ1v) is 8.06. The molecule has 0 saturated heterocycles. The van der Waals surface area contributed by atoms with E-state index in [0.29, 0.717) is 0 Å². The predicted molar refractivity (Wildman–Crippen MR) is 85.2 cm³/mol. The van der Waals surface area contributed by atoms with Crippen LogP contribution in [-0.2, 0) is 11.2 Å². The Kier molecular flexibility index (Phi) is 6.71. The van der Waals surface area contributed by atoms with Crippen LogP contribution in [0.1, 0.15) is 18.4 Å². The van der Waals surface area contributed by atoms with E-state index in [1.165, 1.54) is 10.6 Å². The number of nitrogens with one attached hydrogen (secondary N) is 1. The minimum absolute atomic E-state index is 0.807. The quantitative estimate of drug-likeness (QED) is 0.719. The van der Waals surface area contributed by atoms with Crippen LogP contribution in [0.25, 0.3) is 11.3 Å². The zero-order chi connectivity index (χ0) is 14.0. The van der Waals surface area contributed by atoms with Crippen LogP contribution in [0.5, 0.6) is 0 Å². The van der Waals surface area contributed by atoms with Gasteiger partial charge in [0.1, 0.15) is 0 Å². The molecule has 1 aromatic carbocycles. The van der Waals surface area contributed by atoms with Gasteiger partial charge in [0.05, 0.1) is 10.7 Å². The van der Waals surface area contributed by atoms with Crippen molar-refractivity contribution in [2.24, 2.45) is 0 Å². The van der Waals surface area contributed by atoms with Crippen molar-refractivity contribution in [1.82, 2.24) is 10.3 Å². The van der Waals surface area contributed by atoms with Crippen molar-refractivity contribution < 1.29 is 4.74 Å². The van der Waals surface area contributed by atoms with E-state index in [9.17, 15) is 0 Å². The Morgan fingerprint density at radius 3 is 2.85 bits per heavy atom. The molecule has 1 heterocycles. The zero-order valence-corrected chi connectivity index (χ0v) is 12.8. The van der Waals surface area contributed by atoms with Crippen LogP contribution in [0.15, 0.2) is 35.7 Å². The van der Waals surface area contributed by atoms with Gasteiger partial charge in [-0.25, -0.2) is 4.98 Å². The predicted octanol–water partition coefficient (Wildman–Crippen LogP) is 3.37. The fourth-order valence-corrected chi connectivity index (χ4v) is 2.74. The van der Waals surface area contributed by atoms with E-state index < -0.39 is 0 Å². The molecule has 20 heavy (non-hydrogen) atoms.